The summed E-state index contributed by atoms with van der Waals surface area (Å²) in [5.74, 6) is -0.0684. The summed E-state index contributed by atoms with van der Waals surface area (Å²) in [6.07, 6.45) is 0.926. The number of benzene rings is 2. The molecule has 0 saturated heterocycles. The van der Waals surface area contributed by atoms with Gasteiger partial charge in [0.1, 0.15) is 11.8 Å². The highest BCUT2D eigenvalue weighted by Crippen LogP contribution is 2.27. The van der Waals surface area contributed by atoms with Gasteiger partial charge >= 0.3 is 0 Å². The van der Waals surface area contributed by atoms with Crippen LogP contribution in [0, 0.1) is 6.92 Å². The highest BCUT2D eigenvalue weighted by atomic mass is 16.3. The fraction of sp³-hybridized carbons (Fsp3) is 0.235. The number of hydrogen-bond donors (Lipinski definition) is 3. The summed E-state index contributed by atoms with van der Waals surface area (Å²) in [6, 6.07) is 12.7. The van der Waals surface area contributed by atoms with E-state index in [1.54, 1.807) is 18.2 Å². The monoisotopic (exact) mass is 282 g/mol. The number of hydrogen-bond acceptors (Lipinski definition) is 3. The van der Waals surface area contributed by atoms with Gasteiger partial charge in [-0.15, -0.1) is 0 Å². The molecule has 0 saturated carbocycles. The van der Waals surface area contributed by atoms with Crippen molar-refractivity contribution in [1.29, 1.82) is 0 Å². The number of anilines is 1. The number of nitrogens with one attached hydrogen (secondary N) is 2. The molecule has 1 heterocycles. The maximum absolute atomic E-state index is 12.5. The van der Waals surface area contributed by atoms with Crippen molar-refractivity contribution in [2.45, 2.75) is 19.4 Å². The van der Waals surface area contributed by atoms with E-state index in [9.17, 15) is 9.90 Å². The minimum absolute atomic E-state index is 0.0815. The highest BCUT2D eigenvalue weighted by molar-refractivity contribution is 5.97. The zero-order valence-electron chi connectivity index (χ0n) is 11.9. The summed E-state index contributed by atoms with van der Waals surface area (Å²) in [4.78, 5) is 12.5. The van der Waals surface area contributed by atoms with E-state index in [1.807, 2.05) is 25.1 Å². The first-order chi connectivity index (χ1) is 10.1. The molecule has 0 aromatic heterocycles. The first-order valence-corrected chi connectivity index (χ1v) is 7.07. The second kappa shape index (κ2) is 5.58. The molecule has 108 valence electrons. The number of phenols is 1. The number of aryl methyl sites for hydroxylation is 1. The molecular weight excluding hydrogens is 264 g/mol. The fourth-order valence-corrected chi connectivity index (χ4v) is 2.69. The third-order valence-corrected chi connectivity index (χ3v) is 3.78. The summed E-state index contributed by atoms with van der Waals surface area (Å²) in [5.41, 5.74) is 3.64. The Kier molecular flexibility index (Phi) is 3.62. The third-order valence-electron chi connectivity index (χ3n) is 3.78. The van der Waals surface area contributed by atoms with Crippen LogP contribution in [-0.4, -0.2) is 17.6 Å². The number of rotatable bonds is 2. The van der Waals surface area contributed by atoms with Crippen LogP contribution in [-0.2, 0) is 11.2 Å². The predicted molar refractivity (Wildman–Crippen MR) is 82.4 cm³/mol. The number of carbonyl (C=O) groups is 1. The molecule has 4 heteroatoms. The van der Waals surface area contributed by atoms with E-state index in [4.69, 9.17) is 0 Å². The van der Waals surface area contributed by atoms with Gasteiger partial charge in [0.15, 0.2) is 0 Å². The Morgan fingerprint density at radius 1 is 1.29 bits per heavy atom. The van der Waals surface area contributed by atoms with Gasteiger partial charge in [-0.2, -0.15) is 0 Å². The van der Waals surface area contributed by atoms with Crippen LogP contribution >= 0.6 is 0 Å². The second-order valence-electron chi connectivity index (χ2n) is 5.35. The Balaban J connectivity index is 1.85. The zero-order valence-corrected chi connectivity index (χ0v) is 11.9. The quantitative estimate of drug-likeness (QED) is 0.742. The van der Waals surface area contributed by atoms with Crippen molar-refractivity contribution in [1.82, 2.24) is 5.32 Å². The lowest BCUT2D eigenvalue weighted by Crippen LogP contribution is -2.38. The van der Waals surface area contributed by atoms with Crippen molar-refractivity contribution in [2.24, 2.45) is 0 Å². The van der Waals surface area contributed by atoms with Crippen LogP contribution in [0.4, 0.5) is 5.69 Å². The van der Waals surface area contributed by atoms with E-state index in [0.29, 0.717) is 5.69 Å². The normalized spacial score (nSPS) is 17.1. The number of carbonyl (C=O) groups excluding carboxylic acids is 1. The molecule has 3 rings (SSSR count). The largest absolute Gasteiger partial charge is 0.506 e. The highest BCUT2D eigenvalue weighted by Gasteiger charge is 2.26. The molecule has 1 atom stereocenters. The minimum atomic E-state index is -0.380. The molecule has 0 fully saturated rings. The average Bonchev–Trinajstić information content (AvgIpc) is 2.50. The molecule has 4 nitrogen and oxygen atoms in total. The molecule has 21 heavy (non-hydrogen) atoms. The molecule has 1 unspecified atom stereocenters. The number of amides is 1. The van der Waals surface area contributed by atoms with Crippen molar-refractivity contribution in [3.8, 4) is 5.75 Å². The van der Waals surface area contributed by atoms with Crippen molar-refractivity contribution >= 4 is 11.6 Å². The molecule has 3 N–H and O–H groups in total. The van der Waals surface area contributed by atoms with Gasteiger partial charge in [-0.3, -0.25) is 4.79 Å². The molecule has 0 aliphatic carbocycles. The summed E-state index contributed by atoms with van der Waals surface area (Å²) in [7, 11) is 0. The van der Waals surface area contributed by atoms with Gasteiger partial charge in [0.05, 0.1) is 5.69 Å². The summed E-state index contributed by atoms with van der Waals surface area (Å²) < 4.78 is 0. The maximum Gasteiger partial charge on any atom is 0.246 e. The first kappa shape index (κ1) is 13.6. The zero-order chi connectivity index (χ0) is 14.8. The molecule has 2 aromatic rings. The van der Waals surface area contributed by atoms with E-state index in [-0.39, 0.29) is 17.7 Å². The Hall–Kier alpha value is -2.33. The average molecular weight is 282 g/mol. The number of fused-ring (bicyclic) bond motifs is 1. The van der Waals surface area contributed by atoms with Gasteiger partial charge < -0.3 is 15.7 Å². The van der Waals surface area contributed by atoms with Gasteiger partial charge in [0, 0.05) is 6.54 Å². The minimum Gasteiger partial charge on any atom is -0.506 e. The van der Waals surface area contributed by atoms with E-state index >= 15 is 0 Å². The lowest BCUT2D eigenvalue weighted by molar-refractivity contribution is -0.118. The molecule has 0 bridgehead atoms. The Bertz CT molecular complexity index is 682. The molecule has 1 aliphatic rings. The fourth-order valence-electron chi connectivity index (χ4n) is 2.69. The van der Waals surface area contributed by atoms with Crippen LogP contribution in [0.3, 0.4) is 0 Å². The molecule has 1 amide bonds. The van der Waals surface area contributed by atoms with E-state index in [1.165, 1.54) is 5.56 Å². The van der Waals surface area contributed by atoms with Crippen molar-refractivity contribution < 1.29 is 9.90 Å². The lowest BCUT2D eigenvalue weighted by atomic mass is 9.94. The standard InChI is InChI=1S/C17H18N2O2/c1-11-6-7-15(20)14(10-11)19-17(21)16-13-5-3-2-4-12(13)8-9-18-16/h2-7,10,16,18,20H,8-9H2,1H3,(H,19,21). The van der Waals surface area contributed by atoms with Gasteiger partial charge in [-0.1, -0.05) is 30.3 Å². The molecule has 0 spiro atoms. The first-order valence-electron chi connectivity index (χ1n) is 7.07. The van der Waals surface area contributed by atoms with Gasteiger partial charge in [-0.25, -0.2) is 0 Å². The van der Waals surface area contributed by atoms with Gasteiger partial charge in [-0.05, 0) is 42.2 Å². The smallest absolute Gasteiger partial charge is 0.246 e. The van der Waals surface area contributed by atoms with E-state index in [0.717, 1.165) is 24.1 Å². The van der Waals surface area contributed by atoms with Gasteiger partial charge in [0.25, 0.3) is 0 Å². The topological polar surface area (TPSA) is 61.4 Å². The SMILES string of the molecule is Cc1ccc(O)c(NC(=O)C2NCCc3ccccc32)c1. The Labute approximate surface area is 123 Å². The Morgan fingerprint density at radius 2 is 2.10 bits per heavy atom. The summed E-state index contributed by atoms with van der Waals surface area (Å²) in [5, 5.41) is 15.9. The van der Waals surface area contributed by atoms with Crippen LogP contribution in [0.2, 0.25) is 0 Å². The van der Waals surface area contributed by atoms with Crippen LogP contribution < -0.4 is 10.6 Å². The van der Waals surface area contributed by atoms with Crippen molar-refractivity contribution in [3.05, 3.63) is 59.2 Å². The van der Waals surface area contributed by atoms with Crippen LogP contribution in [0.5, 0.6) is 5.75 Å². The van der Waals surface area contributed by atoms with E-state index in [2.05, 4.69) is 16.7 Å². The molecule has 1 aliphatic heterocycles. The van der Waals surface area contributed by atoms with Gasteiger partial charge in [0.2, 0.25) is 5.91 Å². The van der Waals surface area contributed by atoms with Crippen molar-refractivity contribution in [3.63, 3.8) is 0 Å². The summed E-state index contributed by atoms with van der Waals surface area (Å²) >= 11 is 0. The molecule has 2 aromatic carbocycles. The molecule has 0 radical (unpaired) electrons. The second-order valence-corrected chi connectivity index (χ2v) is 5.35. The maximum atomic E-state index is 12.5. The predicted octanol–water partition coefficient (Wildman–Crippen LogP) is 2.53. The third kappa shape index (κ3) is 2.76. The van der Waals surface area contributed by atoms with Crippen LogP contribution in [0.15, 0.2) is 42.5 Å². The van der Waals surface area contributed by atoms with E-state index < -0.39 is 0 Å². The van der Waals surface area contributed by atoms with Crippen molar-refractivity contribution in [2.75, 3.05) is 11.9 Å². The molecular formula is C17H18N2O2. The number of aromatic hydroxyl groups is 1. The lowest BCUT2D eigenvalue weighted by Gasteiger charge is -2.26. The van der Waals surface area contributed by atoms with Crippen LogP contribution in [0.1, 0.15) is 22.7 Å². The summed E-state index contributed by atoms with van der Waals surface area (Å²) in [6.45, 7) is 2.69. The Morgan fingerprint density at radius 3 is 2.95 bits per heavy atom. The number of phenolic OH excluding ortho intramolecular Hbond substituents is 1. The van der Waals surface area contributed by atoms with Crippen LogP contribution in [0.25, 0.3) is 0 Å².